The second-order valence-corrected chi connectivity index (χ2v) is 9.86. The van der Waals surface area contributed by atoms with Crippen LogP contribution >= 0.6 is 0 Å². The molecule has 0 bridgehead atoms. The number of hydrogen-bond donors (Lipinski definition) is 2. The van der Waals surface area contributed by atoms with Crippen molar-refractivity contribution in [3.8, 4) is 34.0 Å². The Morgan fingerprint density at radius 3 is 2.51 bits per heavy atom. The average molecular weight is 545 g/mol. The molecule has 0 aliphatic carbocycles. The van der Waals surface area contributed by atoms with Gasteiger partial charge in [-0.2, -0.15) is 10.2 Å². The van der Waals surface area contributed by atoms with Crippen molar-refractivity contribution in [2.45, 2.75) is 19.9 Å². The number of pyridine rings is 2. The lowest BCUT2D eigenvalue weighted by molar-refractivity contribution is 0.262. The third kappa shape index (κ3) is 5.76. The molecule has 0 saturated heterocycles. The number of anilines is 2. The van der Waals surface area contributed by atoms with Crippen LogP contribution in [-0.4, -0.2) is 35.6 Å². The van der Waals surface area contributed by atoms with Gasteiger partial charge in [-0.05, 0) is 62.4 Å². The molecular weight excluding hydrogens is 516 g/mol. The molecule has 4 heterocycles. The van der Waals surface area contributed by atoms with E-state index in [0.717, 1.165) is 27.7 Å². The van der Waals surface area contributed by atoms with E-state index in [-0.39, 0.29) is 12.1 Å². The summed E-state index contributed by atoms with van der Waals surface area (Å²) in [7, 11) is 1.86. The molecule has 10 heteroatoms. The van der Waals surface area contributed by atoms with Gasteiger partial charge in [0, 0.05) is 66.1 Å². The van der Waals surface area contributed by atoms with Gasteiger partial charge in [0.05, 0.1) is 23.1 Å². The van der Waals surface area contributed by atoms with E-state index in [0.29, 0.717) is 28.6 Å². The van der Waals surface area contributed by atoms with Crippen LogP contribution in [0.4, 0.5) is 16.2 Å². The minimum absolute atomic E-state index is 0.128. The molecule has 2 N–H and O–H groups in total. The molecule has 0 aliphatic rings. The summed E-state index contributed by atoms with van der Waals surface area (Å²) < 4.78 is 9.58. The highest BCUT2D eigenvalue weighted by atomic mass is 16.5. The summed E-state index contributed by atoms with van der Waals surface area (Å²) in [6, 6.07) is 20.4. The standard InChI is InChI=1S/C31H28N8O2/c1-20(2)39-19-29(30(37-39)22-6-11-27-21(15-22)5-4-13-32-27)36-31(40)35-24-7-9-25(10-8-24)41-26-12-14-33-28(16-26)23-17-34-38(3)18-23/h4-20H,1-3H3,(H2,35,36,40). The van der Waals surface area contributed by atoms with Crippen molar-refractivity contribution < 1.29 is 9.53 Å². The lowest BCUT2D eigenvalue weighted by Crippen LogP contribution is -2.19. The predicted molar refractivity (Wildman–Crippen MR) is 159 cm³/mol. The number of nitrogens with one attached hydrogen (secondary N) is 2. The molecule has 204 valence electrons. The first-order chi connectivity index (χ1) is 19.9. The Kier molecular flexibility index (Phi) is 6.87. The molecule has 0 aliphatic heterocycles. The van der Waals surface area contributed by atoms with Gasteiger partial charge < -0.3 is 15.4 Å². The normalized spacial score (nSPS) is 11.1. The third-order valence-electron chi connectivity index (χ3n) is 6.47. The quantitative estimate of drug-likeness (QED) is 0.226. The number of benzene rings is 2. The summed E-state index contributed by atoms with van der Waals surface area (Å²) in [6.07, 6.45) is 8.96. The first kappa shape index (κ1) is 25.8. The Morgan fingerprint density at radius 2 is 1.73 bits per heavy atom. The van der Waals surface area contributed by atoms with Gasteiger partial charge in [0.2, 0.25) is 0 Å². The molecule has 0 saturated carbocycles. The fraction of sp³-hybridized carbons (Fsp3) is 0.129. The Labute approximate surface area is 236 Å². The van der Waals surface area contributed by atoms with Crippen LogP contribution in [0.5, 0.6) is 11.5 Å². The minimum Gasteiger partial charge on any atom is -0.457 e. The van der Waals surface area contributed by atoms with Crippen LogP contribution in [0.15, 0.2) is 97.7 Å². The molecule has 4 aromatic heterocycles. The largest absolute Gasteiger partial charge is 0.457 e. The van der Waals surface area contributed by atoms with Gasteiger partial charge in [0.15, 0.2) is 0 Å². The van der Waals surface area contributed by atoms with Crippen LogP contribution in [0.25, 0.3) is 33.4 Å². The van der Waals surface area contributed by atoms with E-state index < -0.39 is 0 Å². The lowest BCUT2D eigenvalue weighted by Gasteiger charge is -2.10. The third-order valence-corrected chi connectivity index (χ3v) is 6.47. The number of aryl methyl sites for hydroxylation is 1. The number of carbonyl (C=O) groups excluding carboxylic acids is 1. The van der Waals surface area contributed by atoms with E-state index >= 15 is 0 Å². The second-order valence-electron chi connectivity index (χ2n) is 9.86. The number of nitrogens with zero attached hydrogens (tertiary/aromatic N) is 6. The van der Waals surface area contributed by atoms with Crippen molar-refractivity contribution in [2.75, 3.05) is 10.6 Å². The molecule has 6 rings (SSSR count). The number of rotatable bonds is 7. The Morgan fingerprint density at radius 1 is 0.878 bits per heavy atom. The fourth-order valence-corrected chi connectivity index (χ4v) is 4.40. The van der Waals surface area contributed by atoms with Gasteiger partial charge in [-0.1, -0.05) is 12.1 Å². The number of ether oxygens (including phenoxy) is 1. The number of carbonyl (C=O) groups is 1. The summed E-state index contributed by atoms with van der Waals surface area (Å²) in [5, 5.41) is 15.8. The van der Waals surface area contributed by atoms with Crippen LogP contribution in [0.3, 0.4) is 0 Å². The Bertz CT molecular complexity index is 1840. The Balaban J connectivity index is 1.15. The van der Waals surface area contributed by atoms with E-state index in [1.807, 2.05) is 74.4 Å². The van der Waals surface area contributed by atoms with Gasteiger partial charge in [-0.3, -0.25) is 19.3 Å². The molecular formula is C31H28N8O2. The molecule has 2 amide bonds. The van der Waals surface area contributed by atoms with Gasteiger partial charge >= 0.3 is 6.03 Å². The Hall–Kier alpha value is -5.51. The van der Waals surface area contributed by atoms with Crippen molar-refractivity contribution in [1.82, 2.24) is 29.5 Å². The number of amides is 2. The minimum atomic E-state index is -0.374. The molecule has 0 atom stereocenters. The highest BCUT2D eigenvalue weighted by Gasteiger charge is 2.16. The van der Waals surface area contributed by atoms with Crippen molar-refractivity contribution in [3.05, 3.63) is 97.7 Å². The number of aromatic nitrogens is 6. The molecule has 0 fully saturated rings. The van der Waals surface area contributed by atoms with Gasteiger partial charge in [-0.15, -0.1) is 0 Å². The zero-order chi connectivity index (χ0) is 28.3. The van der Waals surface area contributed by atoms with Gasteiger partial charge in [0.25, 0.3) is 0 Å². The van der Waals surface area contributed by atoms with Crippen LogP contribution in [0.2, 0.25) is 0 Å². The molecule has 0 unspecified atom stereocenters. The summed E-state index contributed by atoms with van der Waals surface area (Å²) in [6.45, 7) is 4.08. The van der Waals surface area contributed by atoms with E-state index in [1.165, 1.54) is 0 Å². The fourth-order valence-electron chi connectivity index (χ4n) is 4.40. The first-order valence-corrected chi connectivity index (χ1v) is 13.2. The number of fused-ring (bicyclic) bond motifs is 1. The zero-order valence-electron chi connectivity index (χ0n) is 22.8. The van der Waals surface area contributed by atoms with E-state index in [2.05, 4.69) is 25.7 Å². The predicted octanol–water partition coefficient (Wildman–Crippen LogP) is 6.91. The maximum absolute atomic E-state index is 13.0. The molecule has 10 nitrogen and oxygen atoms in total. The summed E-state index contributed by atoms with van der Waals surface area (Å²) >= 11 is 0. The first-order valence-electron chi connectivity index (χ1n) is 13.2. The topological polar surface area (TPSA) is 112 Å². The van der Waals surface area contributed by atoms with Crippen molar-refractivity contribution in [2.24, 2.45) is 7.05 Å². The summed E-state index contributed by atoms with van der Waals surface area (Å²) in [5.41, 5.74) is 5.39. The second kappa shape index (κ2) is 10.9. The number of hydrogen-bond acceptors (Lipinski definition) is 6. The van der Waals surface area contributed by atoms with Gasteiger partial charge in [-0.25, -0.2) is 4.79 Å². The van der Waals surface area contributed by atoms with E-state index in [9.17, 15) is 4.79 Å². The zero-order valence-corrected chi connectivity index (χ0v) is 22.8. The van der Waals surface area contributed by atoms with E-state index in [1.54, 1.807) is 53.6 Å². The van der Waals surface area contributed by atoms with Crippen molar-refractivity contribution in [3.63, 3.8) is 0 Å². The molecule has 0 radical (unpaired) electrons. The van der Waals surface area contributed by atoms with E-state index in [4.69, 9.17) is 9.84 Å². The average Bonchev–Trinajstić information content (AvgIpc) is 3.60. The van der Waals surface area contributed by atoms with Crippen LogP contribution in [-0.2, 0) is 7.05 Å². The highest BCUT2D eigenvalue weighted by molar-refractivity contribution is 6.02. The lowest BCUT2D eigenvalue weighted by atomic mass is 10.1. The summed E-state index contributed by atoms with van der Waals surface area (Å²) in [4.78, 5) is 21.8. The monoisotopic (exact) mass is 544 g/mol. The van der Waals surface area contributed by atoms with Crippen molar-refractivity contribution >= 4 is 28.3 Å². The SMILES string of the molecule is CC(C)n1cc(NC(=O)Nc2ccc(Oc3ccnc(-c4cnn(C)c4)c3)cc2)c(-c2ccc3ncccc3c2)n1. The molecule has 2 aromatic carbocycles. The van der Waals surface area contributed by atoms with Crippen LogP contribution in [0, 0.1) is 0 Å². The van der Waals surface area contributed by atoms with Crippen molar-refractivity contribution in [1.29, 1.82) is 0 Å². The highest BCUT2D eigenvalue weighted by Crippen LogP contribution is 2.31. The summed E-state index contributed by atoms with van der Waals surface area (Å²) in [5.74, 6) is 1.28. The molecule has 41 heavy (non-hydrogen) atoms. The maximum atomic E-state index is 13.0. The van der Waals surface area contributed by atoms with Crippen LogP contribution < -0.4 is 15.4 Å². The molecule has 0 spiro atoms. The van der Waals surface area contributed by atoms with Gasteiger partial charge in [0.1, 0.15) is 17.2 Å². The maximum Gasteiger partial charge on any atom is 0.323 e. The van der Waals surface area contributed by atoms with Crippen LogP contribution in [0.1, 0.15) is 19.9 Å². The smallest absolute Gasteiger partial charge is 0.323 e. The molecule has 6 aromatic rings. The number of urea groups is 1.